The summed E-state index contributed by atoms with van der Waals surface area (Å²) in [6.07, 6.45) is 4.02. The molecule has 5 nitrogen and oxygen atoms in total. The van der Waals surface area contributed by atoms with Crippen molar-refractivity contribution in [2.45, 2.75) is 27.0 Å². The molecule has 1 aromatic carbocycles. The van der Waals surface area contributed by atoms with E-state index in [9.17, 15) is 4.79 Å². The summed E-state index contributed by atoms with van der Waals surface area (Å²) in [5, 5.41) is 2.03. The Balaban J connectivity index is 1.39. The molecule has 0 unspecified atom stereocenters. The fourth-order valence-electron chi connectivity index (χ4n) is 3.18. The highest BCUT2D eigenvalue weighted by atomic mass is 32.1. The molecule has 0 aliphatic rings. The molecule has 0 bridgehead atoms. The van der Waals surface area contributed by atoms with Gasteiger partial charge in [-0.2, -0.15) is 0 Å². The van der Waals surface area contributed by atoms with Crippen LogP contribution in [0.3, 0.4) is 0 Å². The Hall–Kier alpha value is -3.12. The highest BCUT2D eigenvalue weighted by Gasteiger charge is 2.15. The van der Waals surface area contributed by atoms with Gasteiger partial charge in [-0.3, -0.25) is 4.79 Å². The van der Waals surface area contributed by atoms with Gasteiger partial charge in [-0.15, -0.1) is 11.3 Å². The highest BCUT2D eigenvalue weighted by Crippen LogP contribution is 2.18. The predicted molar refractivity (Wildman–Crippen MR) is 115 cm³/mol. The molecule has 0 fully saturated rings. The Labute approximate surface area is 174 Å². The summed E-state index contributed by atoms with van der Waals surface area (Å²) in [7, 11) is 0. The predicted octanol–water partition coefficient (Wildman–Crippen LogP) is 4.95. The first-order valence-electron chi connectivity index (χ1n) is 9.61. The van der Waals surface area contributed by atoms with Crippen LogP contribution in [0.25, 0.3) is 5.65 Å². The van der Waals surface area contributed by atoms with E-state index in [2.05, 4.69) is 18.0 Å². The number of carbonyl (C=O) groups is 1. The Morgan fingerprint density at radius 1 is 1.14 bits per heavy atom. The second-order valence-electron chi connectivity index (χ2n) is 6.92. The van der Waals surface area contributed by atoms with Crippen molar-refractivity contribution in [2.75, 3.05) is 6.54 Å². The lowest BCUT2D eigenvalue weighted by atomic mass is 10.2. The molecule has 0 N–H and O–H groups in total. The number of hydrogen-bond donors (Lipinski definition) is 0. The van der Waals surface area contributed by atoms with Crippen molar-refractivity contribution < 1.29 is 9.53 Å². The first-order chi connectivity index (χ1) is 14.1. The van der Waals surface area contributed by atoms with Crippen molar-refractivity contribution in [1.82, 2.24) is 14.3 Å². The molecule has 3 heterocycles. The zero-order valence-electron chi connectivity index (χ0n) is 16.5. The summed E-state index contributed by atoms with van der Waals surface area (Å²) < 4.78 is 7.86. The second kappa shape index (κ2) is 8.49. The Morgan fingerprint density at radius 2 is 1.97 bits per heavy atom. The van der Waals surface area contributed by atoms with Crippen LogP contribution in [0, 0.1) is 6.92 Å². The van der Waals surface area contributed by atoms with Crippen molar-refractivity contribution in [1.29, 1.82) is 0 Å². The number of fused-ring (bicyclic) bond motifs is 1. The van der Waals surface area contributed by atoms with Gasteiger partial charge in [0, 0.05) is 29.4 Å². The van der Waals surface area contributed by atoms with E-state index in [4.69, 9.17) is 4.74 Å². The first-order valence-corrected chi connectivity index (χ1v) is 10.5. The molecule has 4 rings (SSSR count). The van der Waals surface area contributed by atoms with Crippen LogP contribution in [0.5, 0.6) is 5.75 Å². The lowest BCUT2D eigenvalue weighted by molar-refractivity contribution is 0.0754. The number of aromatic nitrogens is 2. The number of hydrogen-bond acceptors (Lipinski definition) is 4. The minimum absolute atomic E-state index is 0.0307. The minimum Gasteiger partial charge on any atom is -0.487 e. The molecule has 3 aromatic heterocycles. The molecule has 0 radical (unpaired) electrons. The summed E-state index contributed by atoms with van der Waals surface area (Å²) in [5.41, 5.74) is 3.62. The third-order valence-corrected chi connectivity index (χ3v) is 5.59. The number of benzene rings is 1. The SMILES string of the molecule is CCN(Cc1cccs1)C(=O)c1ccc(OCc2cn3cc(C)ccc3n2)cc1. The van der Waals surface area contributed by atoms with Crippen LogP contribution in [0.2, 0.25) is 0 Å². The standard InChI is InChI=1S/C23H23N3O2S/c1-3-25(15-21-5-4-12-29-21)23(27)18-7-9-20(10-8-18)28-16-19-14-26-13-17(2)6-11-22(26)24-19/h4-14H,3,15-16H2,1-2H3. The maximum atomic E-state index is 12.8. The lowest BCUT2D eigenvalue weighted by Crippen LogP contribution is -2.29. The largest absolute Gasteiger partial charge is 0.487 e. The van der Waals surface area contributed by atoms with E-state index in [1.165, 1.54) is 10.4 Å². The minimum atomic E-state index is 0.0307. The van der Waals surface area contributed by atoms with Crippen LogP contribution in [-0.2, 0) is 13.2 Å². The summed E-state index contributed by atoms with van der Waals surface area (Å²) in [4.78, 5) is 20.4. The average molecular weight is 406 g/mol. The summed E-state index contributed by atoms with van der Waals surface area (Å²) in [6, 6.07) is 15.4. The number of ether oxygens (including phenoxy) is 1. The quantitative estimate of drug-likeness (QED) is 0.437. The topological polar surface area (TPSA) is 46.8 Å². The number of carbonyl (C=O) groups excluding carboxylic acids is 1. The molecule has 29 heavy (non-hydrogen) atoms. The van der Waals surface area contributed by atoms with Crippen molar-refractivity contribution in [3.8, 4) is 5.75 Å². The van der Waals surface area contributed by atoms with Gasteiger partial charge in [0.2, 0.25) is 0 Å². The normalized spacial score (nSPS) is 11.0. The molecular formula is C23H23N3O2S. The zero-order chi connectivity index (χ0) is 20.2. The Bertz CT molecular complexity index is 1100. The van der Waals surface area contributed by atoms with Crippen LogP contribution in [-0.4, -0.2) is 26.7 Å². The number of nitrogens with zero attached hydrogens (tertiary/aromatic N) is 3. The first kappa shape index (κ1) is 19.2. The average Bonchev–Trinajstić information content (AvgIpc) is 3.39. The monoisotopic (exact) mass is 405 g/mol. The van der Waals surface area contributed by atoms with E-state index in [1.807, 2.05) is 76.5 Å². The number of aryl methyl sites for hydroxylation is 1. The summed E-state index contributed by atoms with van der Waals surface area (Å²) in [5.74, 6) is 0.749. The molecule has 0 spiro atoms. The number of amides is 1. The van der Waals surface area contributed by atoms with Crippen LogP contribution in [0.4, 0.5) is 0 Å². The van der Waals surface area contributed by atoms with E-state index in [0.717, 1.165) is 17.1 Å². The third-order valence-electron chi connectivity index (χ3n) is 4.73. The molecular weight excluding hydrogens is 382 g/mol. The van der Waals surface area contributed by atoms with E-state index in [-0.39, 0.29) is 5.91 Å². The molecule has 148 valence electrons. The van der Waals surface area contributed by atoms with Gasteiger partial charge in [0.05, 0.1) is 12.2 Å². The number of thiophene rings is 1. The Kier molecular flexibility index (Phi) is 5.62. The number of imidazole rings is 1. The van der Waals surface area contributed by atoms with Gasteiger partial charge in [-0.1, -0.05) is 12.1 Å². The smallest absolute Gasteiger partial charge is 0.254 e. The maximum absolute atomic E-state index is 12.8. The van der Waals surface area contributed by atoms with Crippen LogP contribution < -0.4 is 4.74 Å². The molecule has 1 amide bonds. The molecule has 4 aromatic rings. The van der Waals surface area contributed by atoms with Gasteiger partial charge in [0.15, 0.2) is 0 Å². The van der Waals surface area contributed by atoms with Gasteiger partial charge >= 0.3 is 0 Å². The van der Waals surface area contributed by atoms with Crippen LogP contribution in [0.15, 0.2) is 66.3 Å². The van der Waals surface area contributed by atoms with Crippen molar-refractivity contribution in [3.63, 3.8) is 0 Å². The van der Waals surface area contributed by atoms with E-state index < -0.39 is 0 Å². The number of pyridine rings is 1. The second-order valence-corrected chi connectivity index (χ2v) is 7.95. The molecule has 0 saturated carbocycles. The van der Waals surface area contributed by atoms with Gasteiger partial charge in [0.1, 0.15) is 18.0 Å². The van der Waals surface area contributed by atoms with Gasteiger partial charge in [0.25, 0.3) is 5.91 Å². The fourth-order valence-corrected chi connectivity index (χ4v) is 3.90. The number of rotatable bonds is 7. The van der Waals surface area contributed by atoms with Crippen molar-refractivity contribution in [2.24, 2.45) is 0 Å². The van der Waals surface area contributed by atoms with E-state index in [0.29, 0.717) is 25.3 Å². The van der Waals surface area contributed by atoms with E-state index >= 15 is 0 Å². The van der Waals surface area contributed by atoms with Crippen molar-refractivity contribution >= 4 is 22.9 Å². The lowest BCUT2D eigenvalue weighted by Gasteiger charge is -2.20. The molecule has 0 aliphatic carbocycles. The van der Waals surface area contributed by atoms with Crippen molar-refractivity contribution in [3.05, 3.63) is 88.0 Å². The van der Waals surface area contributed by atoms with E-state index in [1.54, 1.807) is 11.3 Å². The fraction of sp³-hybridized carbons (Fsp3) is 0.217. The molecule has 0 atom stereocenters. The van der Waals surface area contributed by atoms with Gasteiger partial charge in [-0.05, 0) is 61.2 Å². The summed E-state index contributed by atoms with van der Waals surface area (Å²) in [6.45, 7) is 5.74. The van der Waals surface area contributed by atoms with Crippen LogP contribution in [0.1, 0.15) is 33.4 Å². The summed E-state index contributed by atoms with van der Waals surface area (Å²) >= 11 is 1.67. The molecule has 0 aliphatic heterocycles. The molecule has 0 saturated heterocycles. The van der Waals surface area contributed by atoms with Crippen LogP contribution >= 0.6 is 11.3 Å². The Morgan fingerprint density at radius 3 is 2.69 bits per heavy atom. The third kappa shape index (κ3) is 4.49. The molecule has 6 heteroatoms. The maximum Gasteiger partial charge on any atom is 0.254 e. The zero-order valence-corrected chi connectivity index (χ0v) is 17.4. The highest BCUT2D eigenvalue weighted by molar-refractivity contribution is 7.09. The van der Waals surface area contributed by atoms with Gasteiger partial charge in [-0.25, -0.2) is 4.98 Å². The van der Waals surface area contributed by atoms with Gasteiger partial charge < -0.3 is 14.0 Å².